The van der Waals surface area contributed by atoms with Gasteiger partial charge in [0, 0.05) is 17.0 Å². The lowest BCUT2D eigenvalue weighted by molar-refractivity contribution is -0.113. The number of rotatable bonds is 4. The Balaban J connectivity index is 1.65. The van der Waals surface area contributed by atoms with Crippen LogP contribution in [-0.4, -0.2) is 24.9 Å². The van der Waals surface area contributed by atoms with Gasteiger partial charge >= 0.3 is 0 Å². The smallest absolute Gasteiger partial charge is 0.234 e. The average Bonchev–Trinajstić information content (AvgIpc) is 2.55. The van der Waals surface area contributed by atoms with Crippen molar-refractivity contribution in [3.8, 4) is 11.5 Å². The first-order valence-corrected chi connectivity index (χ1v) is 8.26. The highest BCUT2D eigenvalue weighted by molar-refractivity contribution is 8.00. The summed E-state index contributed by atoms with van der Waals surface area (Å²) in [6, 6.07) is 9.55. The van der Waals surface area contributed by atoms with E-state index in [2.05, 4.69) is 5.32 Å². The summed E-state index contributed by atoms with van der Waals surface area (Å²) in [5.41, 5.74) is 0.440. The van der Waals surface area contributed by atoms with E-state index in [1.165, 1.54) is 6.07 Å². The summed E-state index contributed by atoms with van der Waals surface area (Å²) >= 11 is 7.25. The minimum absolute atomic E-state index is 0.0751. The molecule has 0 fully saturated rings. The maximum absolute atomic E-state index is 13.5. The fourth-order valence-electron chi connectivity index (χ4n) is 2.05. The van der Waals surface area contributed by atoms with Gasteiger partial charge in [0.15, 0.2) is 11.5 Å². The van der Waals surface area contributed by atoms with Crippen molar-refractivity contribution < 1.29 is 18.7 Å². The predicted molar refractivity (Wildman–Crippen MR) is 88.2 cm³/mol. The molecule has 0 bridgehead atoms. The molecular weight excluding hydrogens is 341 g/mol. The molecule has 1 aliphatic rings. The lowest BCUT2D eigenvalue weighted by Crippen LogP contribution is -2.17. The maximum atomic E-state index is 13.5. The first-order valence-electron chi connectivity index (χ1n) is 6.90. The van der Waals surface area contributed by atoms with Crippen LogP contribution in [0.25, 0.3) is 0 Å². The van der Waals surface area contributed by atoms with Gasteiger partial charge in [0.2, 0.25) is 5.91 Å². The molecule has 1 aliphatic heterocycles. The van der Waals surface area contributed by atoms with Crippen LogP contribution in [0.15, 0.2) is 41.3 Å². The van der Waals surface area contributed by atoms with Crippen LogP contribution in [-0.2, 0) is 4.79 Å². The van der Waals surface area contributed by atoms with Crippen molar-refractivity contribution in [3.63, 3.8) is 0 Å². The summed E-state index contributed by atoms with van der Waals surface area (Å²) in [4.78, 5) is 12.5. The number of carbonyl (C=O) groups excluding carboxylic acids is 1. The summed E-state index contributed by atoms with van der Waals surface area (Å²) in [6.45, 7) is 0.916. The average molecular weight is 354 g/mol. The molecule has 0 saturated carbocycles. The van der Waals surface area contributed by atoms with Gasteiger partial charge in [-0.15, -0.1) is 11.8 Å². The third kappa shape index (κ3) is 3.89. The third-order valence-corrected chi connectivity index (χ3v) is 4.46. The highest BCUT2D eigenvalue weighted by atomic mass is 35.5. The number of halogens is 2. The molecule has 3 rings (SSSR count). The molecule has 1 amide bonds. The fraction of sp³-hybridized carbons (Fsp3) is 0.188. The van der Waals surface area contributed by atoms with E-state index in [9.17, 15) is 9.18 Å². The third-order valence-electron chi connectivity index (χ3n) is 3.10. The van der Waals surface area contributed by atoms with E-state index in [4.69, 9.17) is 21.1 Å². The molecule has 0 aliphatic carbocycles. The number of carbonyl (C=O) groups is 1. The van der Waals surface area contributed by atoms with Crippen molar-refractivity contribution in [1.29, 1.82) is 0 Å². The fourth-order valence-corrected chi connectivity index (χ4v) is 2.99. The Bertz CT molecular complexity index is 741. The Labute approximate surface area is 141 Å². The summed E-state index contributed by atoms with van der Waals surface area (Å²) in [6.07, 6.45) is 0. The van der Waals surface area contributed by atoms with E-state index in [0.717, 1.165) is 11.8 Å². The van der Waals surface area contributed by atoms with Crippen molar-refractivity contribution in [3.05, 3.63) is 47.2 Å². The number of hydrogen-bond donors (Lipinski definition) is 1. The molecule has 23 heavy (non-hydrogen) atoms. The monoisotopic (exact) mass is 353 g/mol. The first-order chi connectivity index (χ1) is 11.1. The van der Waals surface area contributed by atoms with Crippen LogP contribution >= 0.6 is 23.4 Å². The minimum atomic E-state index is -0.345. The van der Waals surface area contributed by atoms with Crippen LogP contribution in [0.4, 0.5) is 10.1 Å². The second-order valence-electron chi connectivity index (χ2n) is 4.74. The van der Waals surface area contributed by atoms with Gasteiger partial charge in [-0.25, -0.2) is 4.39 Å². The van der Waals surface area contributed by atoms with Crippen molar-refractivity contribution in [2.24, 2.45) is 0 Å². The van der Waals surface area contributed by atoms with E-state index >= 15 is 0 Å². The molecular formula is C16H13ClFNO3S. The van der Waals surface area contributed by atoms with E-state index in [1.807, 2.05) is 0 Å². The van der Waals surface area contributed by atoms with Gasteiger partial charge in [0.25, 0.3) is 0 Å². The van der Waals surface area contributed by atoms with Crippen molar-refractivity contribution in [2.75, 3.05) is 24.3 Å². The predicted octanol–water partition coefficient (Wildman–Crippen LogP) is 3.98. The molecule has 1 N–H and O–H groups in total. The van der Waals surface area contributed by atoms with E-state index < -0.39 is 0 Å². The van der Waals surface area contributed by atoms with E-state index in [0.29, 0.717) is 40.3 Å². The molecule has 7 heteroatoms. The number of benzene rings is 2. The molecule has 0 spiro atoms. The lowest BCUT2D eigenvalue weighted by Gasteiger charge is -2.20. The molecule has 0 saturated heterocycles. The van der Waals surface area contributed by atoms with Crippen LogP contribution in [0.1, 0.15) is 0 Å². The molecule has 0 unspecified atom stereocenters. The van der Waals surface area contributed by atoms with Crippen LogP contribution in [0.3, 0.4) is 0 Å². The van der Waals surface area contributed by atoms with Gasteiger partial charge in [-0.3, -0.25) is 4.79 Å². The normalized spacial score (nSPS) is 12.8. The Morgan fingerprint density at radius 3 is 2.65 bits per heavy atom. The van der Waals surface area contributed by atoms with Gasteiger partial charge in [-0.05, 0) is 12.1 Å². The molecule has 2 aromatic carbocycles. The van der Waals surface area contributed by atoms with Gasteiger partial charge in [-0.2, -0.15) is 0 Å². The zero-order chi connectivity index (χ0) is 16.2. The van der Waals surface area contributed by atoms with Crippen molar-refractivity contribution in [2.45, 2.75) is 4.90 Å². The number of thioether (sulfide) groups is 1. The highest BCUT2D eigenvalue weighted by Gasteiger charge is 2.16. The maximum Gasteiger partial charge on any atom is 0.234 e. The summed E-state index contributed by atoms with van der Waals surface area (Å²) in [5, 5.41) is 3.06. The second kappa shape index (κ2) is 7.10. The zero-order valence-corrected chi connectivity index (χ0v) is 13.5. The number of ether oxygens (including phenoxy) is 2. The Morgan fingerprint density at radius 2 is 1.91 bits per heavy atom. The number of hydrogen-bond acceptors (Lipinski definition) is 4. The zero-order valence-electron chi connectivity index (χ0n) is 12.0. The molecule has 120 valence electrons. The number of nitrogens with one attached hydrogen (secondary N) is 1. The van der Waals surface area contributed by atoms with Crippen LogP contribution < -0.4 is 14.8 Å². The topological polar surface area (TPSA) is 47.6 Å². The summed E-state index contributed by atoms with van der Waals surface area (Å²) in [5.74, 6) is 0.545. The standard InChI is InChI=1S/C16H13ClFNO3S/c17-10-7-13-14(22-6-5-21-13)8-12(10)19-16(20)9-23-15-4-2-1-3-11(15)18/h1-4,7-8H,5-6,9H2,(H,19,20). The quantitative estimate of drug-likeness (QED) is 0.844. The number of anilines is 1. The Morgan fingerprint density at radius 1 is 1.22 bits per heavy atom. The molecule has 4 nitrogen and oxygen atoms in total. The van der Waals surface area contributed by atoms with E-state index in [1.54, 1.807) is 30.3 Å². The van der Waals surface area contributed by atoms with Gasteiger partial charge < -0.3 is 14.8 Å². The minimum Gasteiger partial charge on any atom is -0.486 e. The molecule has 0 aromatic heterocycles. The van der Waals surface area contributed by atoms with Gasteiger partial charge in [-0.1, -0.05) is 23.7 Å². The van der Waals surface area contributed by atoms with Crippen LogP contribution in [0, 0.1) is 5.82 Å². The lowest BCUT2D eigenvalue weighted by atomic mass is 10.2. The summed E-state index contributed by atoms with van der Waals surface area (Å²) in [7, 11) is 0. The Kier molecular flexibility index (Phi) is 4.93. The van der Waals surface area contributed by atoms with E-state index in [-0.39, 0.29) is 17.5 Å². The molecule has 2 aromatic rings. The largest absolute Gasteiger partial charge is 0.486 e. The summed E-state index contributed by atoms with van der Waals surface area (Å²) < 4.78 is 24.4. The SMILES string of the molecule is O=C(CSc1ccccc1F)Nc1cc2c(cc1Cl)OCCO2. The first kappa shape index (κ1) is 16.0. The number of amides is 1. The van der Waals surface area contributed by atoms with Gasteiger partial charge in [0.1, 0.15) is 19.0 Å². The molecule has 1 heterocycles. The second-order valence-corrected chi connectivity index (χ2v) is 6.17. The molecule has 0 radical (unpaired) electrons. The van der Waals surface area contributed by atoms with Crippen molar-refractivity contribution in [1.82, 2.24) is 0 Å². The highest BCUT2D eigenvalue weighted by Crippen LogP contribution is 2.38. The van der Waals surface area contributed by atoms with Crippen LogP contribution in [0.5, 0.6) is 11.5 Å². The van der Waals surface area contributed by atoms with Crippen LogP contribution in [0.2, 0.25) is 5.02 Å². The molecule has 0 atom stereocenters. The number of fused-ring (bicyclic) bond motifs is 1. The van der Waals surface area contributed by atoms with Gasteiger partial charge in [0.05, 0.1) is 16.5 Å². The Hall–Kier alpha value is -1.92. The van der Waals surface area contributed by atoms with Crippen molar-refractivity contribution >= 4 is 35.0 Å².